The van der Waals surface area contributed by atoms with Crippen LogP contribution in [0.25, 0.3) is 0 Å². The Bertz CT molecular complexity index is 362. The molecule has 0 radical (unpaired) electrons. The van der Waals surface area contributed by atoms with Crippen LogP contribution >= 0.6 is 0 Å². The van der Waals surface area contributed by atoms with E-state index in [4.69, 9.17) is 9.47 Å². The van der Waals surface area contributed by atoms with Gasteiger partial charge in [-0.15, -0.1) is 0 Å². The van der Waals surface area contributed by atoms with Crippen molar-refractivity contribution in [1.29, 1.82) is 0 Å². The lowest BCUT2D eigenvalue weighted by Crippen LogP contribution is -2.32. The maximum Gasteiger partial charge on any atom is 0.123 e. The zero-order valence-electron chi connectivity index (χ0n) is 11.4. The highest BCUT2D eigenvalue weighted by atomic mass is 19.1. The number of nitrogens with one attached hydrogen (secondary N) is 1. The van der Waals surface area contributed by atoms with Gasteiger partial charge in [-0.25, -0.2) is 4.39 Å². The first-order valence-electron chi connectivity index (χ1n) is 6.37. The molecular formula is C14H22FNO3. The number of hydrogen-bond donors (Lipinski definition) is 2. The molecule has 2 atom stereocenters. The number of ether oxygens (including phenoxy) is 2. The van der Waals surface area contributed by atoms with E-state index in [1.165, 1.54) is 12.1 Å². The predicted octanol–water partition coefficient (Wildman–Crippen LogP) is 1.50. The van der Waals surface area contributed by atoms with Crippen LogP contribution in [0.3, 0.4) is 0 Å². The van der Waals surface area contributed by atoms with Gasteiger partial charge in [-0.05, 0) is 24.6 Å². The molecule has 0 aromatic heterocycles. The van der Waals surface area contributed by atoms with Gasteiger partial charge in [-0.2, -0.15) is 0 Å². The molecule has 0 aliphatic heterocycles. The molecule has 0 aliphatic carbocycles. The van der Waals surface area contributed by atoms with Crippen LogP contribution in [0, 0.1) is 5.82 Å². The zero-order valence-corrected chi connectivity index (χ0v) is 11.4. The molecule has 0 heterocycles. The number of aliphatic hydroxyl groups is 1. The lowest BCUT2D eigenvalue weighted by atomic mass is 10.1. The largest absolute Gasteiger partial charge is 0.389 e. The molecule has 0 spiro atoms. The van der Waals surface area contributed by atoms with Crippen LogP contribution in [0.4, 0.5) is 4.39 Å². The van der Waals surface area contributed by atoms with Crippen molar-refractivity contribution in [1.82, 2.24) is 5.32 Å². The minimum Gasteiger partial charge on any atom is -0.389 e. The number of aliphatic hydroxyl groups excluding tert-OH is 1. The molecule has 1 aromatic rings. The molecule has 1 aromatic carbocycles. The van der Waals surface area contributed by atoms with E-state index < -0.39 is 6.10 Å². The van der Waals surface area contributed by atoms with Crippen LogP contribution in [0.5, 0.6) is 0 Å². The summed E-state index contributed by atoms with van der Waals surface area (Å²) in [5.41, 5.74) is 0.854. The third-order valence-electron chi connectivity index (χ3n) is 2.75. The number of methoxy groups -OCH3 is 1. The number of rotatable bonds is 9. The van der Waals surface area contributed by atoms with E-state index in [-0.39, 0.29) is 18.5 Å². The monoisotopic (exact) mass is 271 g/mol. The minimum absolute atomic E-state index is 0.0238. The second-order valence-corrected chi connectivity index (χ2v) is 4.41. The number of hydrogen-bond acceptors (Lipinski definition) is 4. The Labute approximate surface area is 113 Å². The molecule has 0 fully saturated rings. The van der Waals surface area contributed by atoms with Gasteiger partial charge in [0.1, 0.15) is 5.82 Å². The summed E-state index contributed by atoms with van der Waals surface area (Å²) >= 11 is 0. The SMILES string of the molecule is COCCOCC(O)CNC(C)c1cccc(F)c1. The zero-order chi connectivity index (χ0) is 14.1. The standard InChI is InChI=1S/C14H22FNO3/c1-11(12-4-3-5-13(15)8-12)16-9-14(17)10-19-7-6-18-2/h3-5,8,11,14,16-17H,6-7,9-10H2,1-2H3. The number of halogens is 1. The molecule has 5 heteroatoms. The van der Waals surface area contributed by atoms with Crippen molar-refractivity contribution in [2.24, 2.45) is 0 Å². The summed E-state index contributed by atoms with van der Waals surface area (Å²) in [5.74, 6) is -0.255. The highest BCUT2D eigenvalue weighted by molar-refractivity contribution is 5.19. The Kier molecular flexibility index (Phi) is 7.59. The van der Waals surface area contributed by atoms with Gasteiger partial charge in [0.15, 0.2) is 0 Å². The van der Waals surface area contributed by atoms with E-state index in [1.807, 2.05) is 13.0 Å². The molecule has 2 N–H and O–H groups in total. The van der Waals surface area contributed by atoms with Gasteiger partial charge in [0.05, 0.1) is 25.9 Å². The quantitative estimate of drug-likeness (QED) is 0.668. The molecule has 0 saturated heterocycles. The molecule has 108 valence electrons. The maximum absolute atomic E-state index is 13.1. The minimum atomic E-state index is -0.590. The molecule has 2 unspecified atom stereocenters. The van der Waals surface area contributed by atoms with Crippen molar-refractivity contribution in [2.75, 3.05) is 33.5 Å². The lowest BCUT2D eigenvalue weighted by molar-refractivity contribution is 0.0130. The lowest BCUT2D eigenvalue weighted by Gasteiger charge is -2.17. The van der Waals surface area contributed by atoms with Gasteiger partial charge in [0, 0.05) is 19.7 Å². The molecule has 0 amide bonds. The van der Waals surface area contributed by atoms with Gasteiger partial charge >= 0.3 is 0 Å². The third-order valence-corrected chi connectivity index (χ3v) is 2.75. The summed E-state index contributed by atoms with van der Waals surface area (Å²) in [6.07, 6.45) is -0.590. The van der Waals surface area contributed by atoms with Crippen LogP contribution < -0.4 is 5.32 Å². The summed E-state index contributed by atoms with van der Waals surface area (Å²) in [4.78, 5) is 0. The normalized spacial score (nSPS) is 14.3. The third kappa shape index (κ3) is 6.63. The Morgan fingerprint density at radius 1 is 1.37 bits per heavy atom. The molecule has 0 saturated carbocycles. The first-order valence-corrected chi connectivity index (χ1v) is 6.37. The molecule has 0 bridgehead atoms. The van der Waals surface area contributed by atoms with Crippen LogP contribution in [-0.2, 0) is 9.47 Å². The molecule has 1 rings (SSSR count). The fraction of sp³-hybridized carbons (Fsp3) is 0.571. The van der Waals surface area contributed by atoms with Crippen LogP contribution in [0.2, 0.25) is 0 Å². The van der Waals surface area contributed by atoms with E-state index in [2.05, 4.69) is 5.32 Å². The summed E-state index contributed by atoms with van der Waals surface area (Å²) in [7, 11) is 1.60. The van der Waals surface area contributed by atoms with Crippen molar-refractivity contribution in [3.05, 3.63) is 35.6 Å². The average molecular weight is 271 g/mol. The topological polar surface area (TPSA) is 50.7 Å². The Hall–Kier alpha value is -1.01. The number of benzene rings is 1. The fourth-order valence-electron chi connectivity index (χ4n) is 1.63. The van der Waals surface area contributed by atoms with Crippen molar-refractivity contribution >= 4 is 0 Å². The fourth-order valence-corrected chi connectivity index (χ4v) is 1.63. The Morgan fingerprint density at radius 3 is 2.84 bits per heavy atom. The van der Waals surface area contributed by atoms with E-state index in [0.29, 0.717) is 19.8 Å². The predicted molar refractivity (Wildman–Crippen MR) is 71.5 cm³/mol. The van der Waals surface area contributed by atoms with E-state index in [0.717, 1.165) is 5.56 Å². The molecule has 4 nitrogen and oxygen atoms in total. The van der Waals surface area contributed by atoms with Gasteiger partial charge in [0.2, 0.25) is 0 Å². The average Bonchev–Trinajstić information content (AvgIpc) is 2.41. The van der Waals surface area contributed by atoms with Crippen molar-refractivity contribution in [3.8, 4) is 0 Å². The van der Waals surface area contributed by atoms with Gasteiger partial charge in [0.25, 0.3) is 0 Å². The van der Waals surface area contributed by atoms with Gasteiger partial charge in [-0.1, -0.05) is 12.1 Å². The van der Waals surface area contributed by atoms with E-state index >= 15 is 0 Å². The highest BCUT2D eigenvalue weighted by Gasteiger charge is 2.09. The second kappa shape index (κ2) is 8.98. The van der Waals surface area contributed by atoms with Crippen molar-refractivity contribution in [3.63, 3.8) is 0 Å². The summed E-state index contributed by atoms with van der Waals surface area (Å²) < 4.78 is 23.1. The van der Waals surface area contributed by atoms with Crippen molar-refractivity contribution in [2.45, 2.75) is 19.1 Å². The van der Waals surface area contributed by atoms with Crippen molar-refractivity contribution < 1.29 is 19.0 Å². The highest BCUT2D eigenvalue weighted by Crippen LogP contribution is 2.13. The molecular weight excluding hydrogens is 249 g/mol. The van der Waals surface area contributed by atoms with Gasteiger partial charge < -0.3 is 19.9 Å². The van der Waals surface area contributed by atoms with Crippen LogP contribution in [0.15, 0.2) is 24.3 Å². The first kappa shape index (κ1) is 16.0. The summed E-state index contributed by atoms with van der Waals surface area (Å²) in [6, 6.07) is 6.40. The smallest absolute Gasteiger partial charge is 0.123 e. The summed E-state index contributed by atoms with van der Waals surface area (Å²) in [6.45, 7) is 3.55. The second-order valence-electron chi connectivity index (χ2n) is 4.41. The Balaban J connectivity index is 2.24. The first-order chi connectivity index (χ1) is 9.13. The Morgan fingerprint density at radius 2 is 2.16 bits per heavy atom. The van der Waals surface area contributed by atoms with Crippen LogP contribution in [-0.4, -0.2) is 44.7 Å². The molecule has 19 heavy (non-hydrogen) atoms. The van der Waals surface area contributed by atoms with Gasteiger partial charge in [-0.3, -0.25) is 0 Å². The molecule has 0 aliphatic rings. The maximum atomic E-state index is 13.1. The van der Waals surface area contributed by atoms with E-state index in [9.17, 15) is 9.50 Å². The summed E-state index contributed by atoms with van der Waals surface area (Å²) in [5, 5.41) is 12.8. The van der Waals surface area contributed by atoms with Crippen LogP contribution in [0.1, 0.15) is 18.5 Å². The van der Waals surface area contributed by atoms with E-state index in [1.54, 1.807) is 13.2 Å².